The number of nitrogens with one attached hydrogen (secondary N) is 1. The van der Waals surface area contributed by atoms with Crippen molar-refractivity contribution >= 4 is 30.0 Å². The lowest BCUT2D eigenvalue weighted by molar-refractivity contribution is 0.136. The van der Waals surface area contributed by atoms with Gasteiger partial charge in [0, 0.05) is 10.6 Å². The van der Waals surface area contributed by atoms with Crippen LogP contribution in [-0.2, 0) is 6.61 Å². The molecule has 6 nitrogen and oxygen atoms in total. The van der Waals surface area contributed by atoms with Crippen molar-refractivity contribution in [2.45, 2.75) is 20.0 Å². The van der Waals surface area contributed by atoms with E-state index in [1.807, 2.05) is 13.0 Å². The zero-order valence-corrected chi connectivity index (χ0v) is 17.1. The Morgan fingerprint density at radius 2 is 2.10 bits per heavy atom. The second-order valence-corrected chi connectivity index (χ2v) is 6.81. The molecule has 0 spiro atoms. The van der Waals surface area contributed by atoms with E-state index in [1.54, 1.807) is 37.4 Å². The lowest BCUT2D eigenvalue weighted by atomic mass is 10.1. The fourth-order valence-corrected chi connectivity index (χ4v) is 2.84. The van der Waals surface area contributed by atoms with Crippen LogP contribution < -0.4 is 9.47 Å². The molecule has 2 aromatic carbocycles. The van der Waals surface area contributed by atoms with Gasteiger partial charge in [0.1, 0.15) is 18.1 Å². The third kappa shape index (κ3) is 4.99. The summed E-state index contributed by atoms with van der Waals surface area (Å²) in [6.07, 6.45) is -1.39. The third-order valence-electron chi connectivity index (χ3n) is 4.02. The number of benzene rings is 2. The Bertz CT molecular complexity index is 1100. The molecule has 0 unspecified atom stereocenters. The summed E-state index contributed by atoms with van der Waals surface area (Å²) >= 11 is 11.0. The maximum Gasteiger partial charge on any atom is 0.299 e. The van der Waals surface area contributed by atoms with Gasteiger partial charge in [-0.3, -0.25) is 0 Å². The highest BCUT2D eigenvalue weighted by Gasteiger charge is 2.16. The number of aryl methyl sites for hydroxylation is 1. The minimum Gasteiger partial charge on any atom is -0.496 e. The first kappa shape index (κ1) is 20.9. The van der Waals surface area contributed by atoms with Gasteiger partial charge in [-0.05, 0) is 66.7 Å². The zero-order valence-electron chi connectivity index (χ0n) is 15.5. The lowest BCUT2D eigenvalue weighted by Crippen LogP contribution is -2.02. The summed E-state index contributed by atoms with van der Waals surface area (Å²) in [5, 5.41) is 10.5. The molecule has 0 radical (unpaired) electrons. The number of nitrogens with zero attached hydrogens (tertiary/aromatic N) is 3. The van der Waals surface area contributed by atoms with Crippen LogP contribution in [0.25, 0.3) is 0 Å². The van der Waals surface area contributed by atoms with Crippen molar-refractivity contribution in [2.24, 2.45) is 5.10 Å². The number of aromatic nitrogens is 3. The summed E-state index contributed by atoms with van der Waals surface area (Å²) in [6.45, 7) is 2.13. The number of methoxy groups -OCH3 is 1. The first-order valence-electron chi connectivity index (χ1n) is 8.44. The van der Waals surface area contributed by atoms with Crippen molar-refractivity contribution in [3.05, 3.63) is 68.7 Å². The molecule has 0 aliphatic carbocycles. The molecule has 0 saturated carbocycles. The van der Waals surface area contributed by atoms with Gasteiger partial charge >= 0.3 is 0 Å². The quantitative estimate of drug-likeness (QED) is 0.401. The Morgan fingerprint density at radius 1 is 1.31 bits per heavy atom. The van der Waals surface area contributed by atoms with Crippen molar-refractivity contribution in [1.29, 1.82) is 0 Å². The van der Waals surface area contributed by atoms with Crippen LogP contribution >= 0.6 is 23.8 Å². The molecule has 3 rings (SSSR count). The molecule has 0 aliphatic heterocycles. The smallest absolute Gasteiger partial charge is 0.299 e. The van der Waals surface area contributed by atoms with Gasteiger partial charge in [-0.1, -0.05) is 11.6 Å². The predicted octanol–water partition coefficient (Wildman–Crippen LogP) is 5.31. The van der Waals surface area contributed by atoms with E-state index in [1.165, 1.54) is 6.21 Å². The Balaban J connectivity index is 1.82. The number of rotatable bonds is 7. The highest BCUT2D eigenvalue weighted by atomic mass is 35.5. The first-order chi connectivity index (χ1) is 13.9. The van der Waals surface area contributed by atoms with Crippen molar-refractivity contribution in [3.63, 3.8) is 0 Å². The molecule has 0 atom stereocenters. The van der Waals surface area contributed by atoms with Crippen LogP contribution in [0.4, 0.5) is 8.78 Å². The number of aromatic amines is 1. The molecule has 0 fully saturated rings. The molecule has 0 bridgehead atoms. The molecule has 152 valence electrons. The summed E-state index contributed by atoms with van der Waals surface area (Å²) in [5.74, 6) is 0.738. The van der Waals surface area contributed by atoms with Gasteiger partial charge < -0.3 is 9.47 Å². The molecule has 1 aromatic heterocycles. The van der Waals surface area contributed by atoms with E-state index in [-0.39, 0.29) is 11.4 Å². The van der Waals surface area contributed by atoms with Gasteiger partial charge in [0.2, 0.25) is 10.6 Å². The van der Waals surface area contributed by atoms with Crippen LogP contribution in [0, 0.1) is 11.7 Å². The molecule has 10 heteroatoms. The third-order valence-corrected chi connectivity index (χ3v) is 4.71. The van der Waals surface area contributed by atoms with Crippen molar-refractivity contribution < 1.29 is 18.3 Å². The number of halogens is 3. The Morgan fingerprint density at radius 3 is 2.79 bits per heavy atom. The number of H-pyrrole nitrogens is 1. The second kappa shape index (κ2) is 9.15. The van der Waals surface area contributed by atoms with E-state index < -0.39 is 12.2 Å². The van der Waals surface area contributed by atoms with Crippen LogP contribution in [-0.4, -0.2) is 28.2 Å². The SMILES string of the molecule is COc1ccc(C=Nn2c(C(F)F)n[nH]c2=S)cc1COc1ccc(Cl)c(C)c1. The molecule has 1 N–H and O–H groups in total. The molecule has 0 amide bonds. The van der Waals surface area contributed by atoms with Crippen LogP contribution in [0.1, 0.15) is 28.9 Å². The van der Waals surface area contributed by atoms with Crippen molar-refractivity contribution in [2.75, 3.05) is 7.11 Å². The van der Waals surface area contributed by atoms with Gasteiger partial charge in [-0.2, -0.15) is 14.9 Å². The number of hydrogen-bond acceptors (Lipinski definition) is 5. The molecule has 1 heterocycles. The summed E-state index contributed by atoms with van der Waals surface area (Å²) in [4.78, 5) is 0. The first-order valence-corrected chi connectivity index (χ1v) is 9.23. The number of hydrogen-bond donors (Lipinski definition) is 1. The largest absolute Gasteiger partial charge is 0.496 e. The topological polar surface area (TPSA) is 64.4 Å². The van der Waals surface area contributed by atoms with Crippen molar-refractivity contribution in [1.82, 2.24) is 14.9 Å². The van der Waals surface area contributed by atoms with Crippen LogP contribution in [0.15, 0.2) is 41.5 Å². The molecular formula is C19H17ClF2N4O2S. The zero-order chi connectivity index (χ0) is 21.0. The Labute approximate surface area is 175 Å². The van der Waals surface area contributed by atoms with E-state index in [9.17, 15) is 8.78 Å². The second-order valence-electron chi connectivity index (χ2n) is 6.01. The van der Waals surface area contributed by atoms with Crippen LogP contribution in [0.5, 0.6) is 11.5 Å². The maximum atomic E-state index is 13.0. The van der Waals surface area contributed by atoms with Gasteiger partial charge in [-0.15, -0.1) is 0 Å². The van der Waals surface area contributed by atoms with Gasteiger partial charge in [0.25, 0.3) is 6.43 Å². The minimum atomic E-state index is -2.80. The average Bonchev–Trinajstić information content (AvgIpc) is 3.08. The van der Waals surface area contributed by atoms with Gasteiger partial charge in [0.15, 0.2) is 0 Å². The van der Waals surface area contributed by atoms with Gasteiger partial charge in [-0.25, -0.2) is 13.9 Å². The highest BCUT2D eigenvalue weighted by molar-refractivity contribution is 7.71. The van der Waals surface area contributed by atoms with Crippen LogP contribution in [0.2, 0.25) is 5.02 Å². The van der Waals surface area contributed by atoms with Crippen LogP contribution in [0.3, 0.4) is 0 Å². The molecular weight excluding hydrogens is 422 g/mol. The molecule has 0 saturated heterocycles. The summed E-state index contributed by atoms with van der Waals surface area (Å²) in [5.41, 5.74) is 2.32. The van der Waals surface area contributed by atoms with E-state index in [2.05, 4.69) is 15.3 Å². The summed E-state index contributed by atoms with van der Waals surface area (Å²) in [6, 6.07) is 10.7. The Kier molecular flexibility index (Phi) is 6.60. The fraction of sp³-hybridized carbons (Fsp3) is 0.211. The fourth-order valence-electron chi connectivity index (χ4n) is 2.54. The minimum absolute atomic E-state index is 0.0215. The van der Waals surface area contributed by atoms with E-state index >= 15 is 0 Å². The predicted molar refractivity (Wildman–Crippen MR) is 109 cm³/mol. The summed E-state index contributed by atoms with van der Waals surface area (Å²) in [7, 11) is 1.55. The van der Waals surface area contributed by atoms with Gasteiger partial charge in [0.05, 0.1) is 13.3 Å². The molecule has 29 heavy (non-hydrogen) atoms. The summed E-state index contributed by atoms with van der Waals surface area (Å²) < 4.78 is 38.0. The van der Waals surface area contributed by atoms with E-state index in [0.29, 0.717) is 22.1 Å². The molecule has 3 aromatic rings. The van der Waals surface area contributed by atoms with E-state index in [4.69, 9.17) is 33.3 Å². The average molecular weight is 439 g/mol. The standard InChI is InChI=1S/C19H17ClF2N4O2S/c1-11-7-14(4-5-15(11)20)28-10-13-8-12(3-6-16(13)27-2)9-23-26-18(17(21)22)24-25-19(26)29/h3-9,17H,10H2,1-2H3,(H,25,29). The van der Waals surface area contributed by atoms with E-state index in [0.717, 1.165) is 15.8 Å². The number of ether oxygens (including phenoxy) is 2. The number of alkyl halides is 2. The Hall–Kier alpha value is -2.78. The molecule has 0 aliphatic rings. The van der Waals surface area contributed by atoms with Crippen molar-refractivity contribution in [3.8, 4) is 11.5 Å². The highest BCUT2D eigenvalue weighted by Crippen LogP contribution is 2.25. The monoisotopic (exact) mass is 438 g/mol. The maximum absolute atomic E-state index is 13.0. The normalized spacial score (nSPS) is 11.4. The lowest BCUT2D eigenvalue weighted by Gasteiger charge is -2.12.